The number of esters is 1. The minimum absolute atomic E-state index is 0.0181. The Bertz CT molecular complexity index is 1080. The second kappa shape index (κ2) is 19.0. The first-order valence-corrected chi connectivity index (χ1v) is 15.2. The lowest BCUT2D eigenvalue weighted by molar-refractivity contribution is -0.156. The molecule has 5 amide bonds. The van der Waals surface area contributed by atoms with Gasteiger partial charge in [-0.3, -0.25) is 33.6 Å². The van der Waals surface area contributed by atoms with Crippen LogP contribution in [0.25, 0.3) is 0 Å². The summed E-state index contributed by atoms with van der Waals surface area (Å²) in [5.41, 5.74) is 3.74. The molecule has 46 heavy (non-hydrogen) atoms. The number of nitrogens with two attached hydrogens (primary N) is 1. The van der Waals surface area contributed by atoms with Gasteiger partial charge >= 0.3 is 11.9 Å². The van der Waals surface area contributed by atoms with Crippen molar-refractivity contribution in [3.8, 4) is 0 Å². The van der Waals surface area contributed by atoms with Gasteiger partial charge in [0.15, 0.2) is 0 Å². The minimum atomic E-state index is -1.58. The van der Waals surface area contributed by atoms with E-state index in [1.54, 1.807) is 55.4 Å². The molecule has 0 bridgehead atoms. The minimum Gasteiger partial charge on any atom is -0.480 e. The van der Waals surface area contributed by atoms with E-state index in [0.29, 0.717) is 0 Å². The Morgan fingerprint density at radius 1 is 0.717 bits per heavy atom. The number of carbonyl (C=O) groups is 7. The highest BCUT2D eigenvalue weighted by Gasteiger charge is 2.35. The molecular formula is C30H54N6O10. The molecule has 0 fully saturated rings. The van der Waals surface area contributed by atoms with Crippen molar-refractivity contribution in [2.45, 2.75) is 117 Å². The number of aliphatic carboxylic acids is 1. The molecule has 0 radical (unpaired) electrons. The average Bonchev–Trinajstić information content (AvgIpc) is 2.89. The quantitative estimate of drug-likeness (QED) is 0.0911. The third-order valence-corrected chi connectivity index (χ3v) is 5.94. The Hall–Kier alpha value is -3.79. The summed E-state index contributed by atoms with van der Waals surface area (Å²) in [4.78, 5) is 88.8. The van der Waals surface area contributed by atoms with Gasteiger partial charge < -0.3 is 46.9 Å². The van der Waals surface area contributed by atoms with Crippen molar-refractivity contribution in [1.29, 1.82) is 0 Å². The smallest absolute Gasteiger partial charge is 0.322 e. The molecule has 0 aromatic carbocycles. The van der Waals surface area contributed by atoms with Crippen LogP contribution in [-0.2, 0) is 43.0 Å². The molecule has 0 aliphatic heterocycles. The van der Waals surface area contributed by atoms with Crippen molar-refractivity contribution in [1.82, 2.24) is 26.6 Å². The Labute approximate surface area is 271 Å². The summed E-state index contributed by atoms with van der Waals surface area (Å²) in [7, 11) is 0. The summed E-state index contributed by atoms with van der Waals surface area (Å²) >= 11 is 0. The van der Waals surface area contributed by atoms with Crippen LogP contribution in [0.1, 0.15) is 82.1 Å². The van der Waals surface area contributed by atoms with Crippen molar-refractivity contribution in [2.75, 3.05) is 19.7 Å². The van der Waals surface area contributed by atoms with E-state index in [9.17, 15) is 33.6 Å². The zero-order valence-corrected chi connectivity index (χ0v) is 28.7. The summed E-state index contributed by atoms with van der Waals surface area (Å²) in [6, 6.07) is -5.20. The first kappa shape index (κ1) is 42.2. The molecule has 0 unspecified atom stereocenters. The fourth-order valence-electron chi connectivity index (χ4n) is 3.84. The van der Waals surface area contributed by atoms with Crippen LogP contribution >= 0.6 is 0 Å². The van der Waals surface area contributed by atoms with E-state index in [1.165, 1.54) is 0 Å². The zero-order valence-electron chi connectivity index (χ0n) is 28.7. The van der Waals surface area contributed by atoms with E-state index < -0.39 is 95.7 Å². The van der Waals surface area contributed by atoms with Crippen LogP contribution in [0.5, 0.6) is 0 Å². The zero-order chi connectivity index (χ0) is 36.0. The Morgan fingerprint density at radius 3 is 1.70 bits per heavy atom. The van der Waals surface area contributed by atoms with Crippen molar-refractivity contribution in [2.24, 2.45) is 17.6 Å². The van der Waals surface area contributed by atoms with Gasteiger partial charge in [0.25, 0.3) is 0 Å². The monoisotopic (exact) mass is 658 g/mol. The van der Waals surface area contributed by atoms with Gasteiger partial charge in [0.2, 0.25) is 29.5 Å². The van der Waals surface area contributed by atoms with Gasteiger partial charge in [-0.15, -0.1) is 0 Å². The first-order valence-electron chi connectivity index (χ1n) is 15.2. The molecular weight excluding hydrogens is 604 g/mol. The molecule has 0 heterocycles. The van der Waals surface area contributed by atoms with E-state index in [2.05, 4.69) is 26.6 Å². The highest BCUT2D eigenvalue weighted by Crippen LogP contribution is 2.12. The first-order chi connectivity index (χ1) is 20.9. The van der Waals surface area contributed by atoms with Gasteiger partial charge in [-0.2, -0.15) is 0 Å². The van der Waals surface area contributed by atoms with Crippen LogP contribution in [0.3, 0.4) is 0 Å². The van der Waals surface area contributed by atoms with Crippen LogP contribution in [0.2, 0.25) is 0 Å². The van der Waals surface area contributed by atoms with E-state index in [4.69, 9.17) is 20.3 Å². The predicted octanol–water partition coefficient (Wildman–Crippen LogP) is -0.666. The van der Waals surface area contributed by atoms with Crippen LogP contribution in [0.4, 0.5) is 0 Å². The highest BCUT2D eigenvalue weighted by molar-refractivity contribution is 5.97. The summed E-state index contributed by atoms with van der Waals surface area (Å²) in [5.74, 6) is -6.54. The summed E-state index contributed by atoms with van der Waals surface area (Å²) < 4.78 is 11.1. The fourth-order valence-corrected chi connectivity index (χ4v) is 3.84. The average molecular weight is 659 g/mol. The van der Waals surface area contributed by atoms with Crippen molar-refractivity contribution >= 4 is 41.5 Å². The van der Waals surface area contributed by atoms with E-state index in [0.717, 1.165) is 0 Å². The second-order valence-electron chi connectivity index (χ2n) is 13.6. The van der Waals surface area contributed by atoms with Crippen LogP contribution < -0.4 is 32.3 Å². The van der Waals surface area contributed by atoms with Gasteiger partial charge in [0, 0.05) is 0 Å². The van der Waals surface area contributed by atoms with Crippen LogP contribution in [0.15, 0.2) is 0 Å². The maximum atomic E-state index is 13.6. The molecule has 264 valence electrons. The van der Waals surface area contributed by atoms with Crippen molar-refractivity contribution in [3.63, 3.8) is 0 Å². The number of ether oxygens (including phenoxy) is 2. The summed E-state index contributed by atoms with van der Waals surface area (Å²) in [6.45, 7) is 15.6. The molecule has 0 aromatic rings. The molecule has 0 saturated heterocycles. The third kappa shape index (κ3) is 18.2. The van der Waals surface area contributed by atoms with Gasteiger partial charge in [-0.1, -0.05) is 27.7 Å². The Balaban J connectivity index is 6.35. The molecule has 16 nitrogen and oxygen atoms in total. The van der Waals surface area contributed by atoms with Crippen molar-refractivity contribution < 1.29 is 48.1 Å². The number of carboxylic acid groups (broad SMARTS) is 1. The molecule has 0 aliphatic carbocycles. The maximum Gasteiger partial charge on any atom is 0.322 e. The number of hydrogen-bond acceptors (Lipinski definition) is 10. The number of nitrogens with one attached hydrogen (secondary N) is 5. The molecule has 0 aliphatic rings. The van der Waals surface area contributed by atoms with Gasteiger partial charge in [0.1, 0.15) is 36.3 Å². The van der Waals surface area contributed by atoms with Crippen molar-refractivity contribution in [3.05, 3.63) is 0 Å². The van der Waals surface area contributed by atoms with Gasteiger partial charge in [0.05, 0.1) is 25.2 Å². The number of rotatable bonds is 18. The lowest BCUT2D eigenvalue weighted by atomic mass is 10.0. The number of hydrogen-bond donors (Lipinski definition) is 7. The van der Waals surface area contributed by atoms with Gasteiger partial charge in [-0.25, -0.2) is 0 Å². The Morgan fingerprint density at radius 2 is 1.24 bits per heavy atom. The topological polar surface area (TPSA) is 244 Å². The lowest BCUT2D eigenvalue weighted by Gasteiger charge is -2.29. The SMILES string of the molecule is CC(C)C[C@H](NC(=O)CN)C(=O)N[C@@H](COC(C)(C)C)C(=O)N[C@@H](CC(=O)OC(C)(C)C)C(=O)N[C@H](C(=O)NCC(=O)O)C(C)C. The number of carboxylic acids is 1. The third-order valence-electron chi connectivity index (χ3n) is 5.94. The molecule has 8 N–H and O–H groups in total. The van der Waals surface area contributed by atoms with E-state index >= 15 is 0 Å². The molecule has 0 rings (SSSR count). The van der Waals surface area contributed by atoms with Gasteiger partial charge in [-0.05, 0) is 59.8 Å². The number of amides is 5. The van der Waals surface area contributed by atoms with E-state index in [1.807, 2.05) is 13.8 Å². The second-order valence-corrected chi connectivity index (χ2v) is 13.6. The molecule has 0 aromatic heterocycles. The predicted molar refractivity (Wildman–Crippen MR) is 168 cm³/mol. The van der Waals surface area contributed by atoms with Crippen LogP contribution in [-0.4, -0.2) is 102 Å². The largest absolute Gasteiger partial charge is 0.480 e. The fraction of sp³-hybridized carbons (Fsp3) is 0.767. The maximum absolute atomic E-state index is 13.6. The summed E-state index contributed by atoms with van der Waals surface area (Å²) in [6.07, 6.45) is -0.407. The molecule has 0 saturated carbocycles. The summed E-state index contributed by atoms with van der Waals surface area (Å²) in [5, 5.41) is 21.1. The normalized spacial score (nSPS) is 14.4. The highest BCUT2D eigenvalue weighted by atomic mass is 16.6. The van der Waals surface area contributed by atoms with Crippen LogP contribution in [0, 0.1) is 11.8 Å². The van der Waals surface area contributed by atoms with E-state index in [-0.39, 0.29) is 25.5 Å². The lowest BCUT2D eigenvalue weighted by Crippen LogP contribution is -2.60. The molecule has 16 heteroatoms. The Kier molecular flexibility index (Phi) is 17.4. The molecule has 0 spiro atoms. The standard InChI is InChI=1S/C30H54N6O10/c1-16(2)11-18(33-21(37)13-31)25(41)35-20(15-45-29(5,6)7)27(43)34-19(12-23(40)46-30(8,9)10)26(42)36-24(17(3)4)28(44)32-14-22(38)39/h16-20,24H,11-15,31H2,1-10H3,(H,32,44)(H,33,37)(H,34,43)(H,35,41)(H,36,42)(H,38,39)/t18-,19-,20-,24-/m0/s1. The molecule has 4 atom stereocenters. The number of carbonyl (C=O) groups excluding carboxylic acids is 6.